The normalized spacial score (nSPS) is 50.4. The summed E-state index contributed by atoms with van der Waals surface area (Å²) < 4.78 is 37.3. The Labute approximate surface area is 310 Å². The summed E-state index contributed by atoms with van der Waals surface area (Å²) in [4.78, 5) is 16.1. The smallest absolute Gasteiger partial charge is 0.311 e. The number of aliphatic hydroxyl groups is 5. The van der Waals surface area contributed by atoms with Crippen LogP contribution in [-0.2, 0) is 33.2 Å². The van der Waals surface area contributed by atoms with Crippen molar-refractivity contribution in [3.8, 4) is 0 Å². The fraction of sp³-hybridized carbons (Fsp3) is 0.973. The van der Waals surface area contributed by atoms with Crippen molar-refractivity contribution in [2.45, 2.75) is 178 Å². The van der Waals surface area contributed by atoms with Gasteiger partial charge < -0.3 is 70.3 Å². The van der Waals surface area contributed by atoms with Gasteiger partial charge in [-0.25, -0.2) is 0 Å². The minimum Gasteiger partial charge on any atom is -0.459 e. The van der Waals surface area contributed by atoms with E-state index in [0.29, 0.717) is 6.42 Å². The number of ether oxygens (including phenoxy) is 6. The van der Waals surface area contributed by atoms with Gasteiger partial charge in [0.15, 0.2) is 12.6 Å². The highest BCUT2D eigenvalue weighted by Gasteiger charge is 2.54. The Kier molecular flexibility index (Phi) is 15.5. The molecule has 3 aliphatic rings. The van der Waals surface area contributed by atoms with Gasteiger partial charge in [0.2, 0.25) is 0 Å². The van der Waals surface area contributed by atoms with E-state index in [-0.39, 0.29) is 31.4 Å². The highest BCUT2D eigenvalue weighted by atomic mass is 16.7. The van der Waals surface area contributed by atoms with Crippen molar-refractivity contribution in [3.63, 3.8) is 0 Å². The molecule has 15 nitrogen and oxygen atoms in total. The number of methoxy groups -OCH3 is 1. The Morgan fingerprint density at radius 1 is 0.942 bits per heavy atom. The van der Waals surface area contributed by atoms with E-state index in [1.807, 2.05) is 32.8 Å². The summed E-state index contributed by atoms with van der Waals surface area (Å²) >= 11 is 0. The first-order valence-corrected chi connectivity index (χ1v) is 19.0. The van der Waals surface area contributed by atoms with Gasteiger partial charge in [-0.3, -0.25) is 4.79 Å². The molecule has 0 aliphatic carbocycles. The lowest BCUT2D eigenvalue weighted by atomic mass is 9.72. The lowest BCUT2D eigenvalue weighted by Crippen LogP contribution is -2.64. The third kappa shape index (κ3) is 9.48. The predicted molar refractivity (Wildman–Crippen MR) is 193 cm³/mol. The molecule has 9 N–H and O–H groups in total. The van der Waals surface area contributed by atoms with Gasteiger partial charge in [0.1, 0.15) is 23.9 Å². The van der Waals surface area contributed by atoms with E-state index >= 15 is 0 Å². The van der Waals surface area contributed by atoms with Crippen LogP contribution >= 0.6 is 0 Å². The molecule has 3 heterocycles. The first kappa shape index (κ1) is 45.3. The molecule has 3 fully saturated rings. The summed E-state index contributed by atoms with van der Waals surface area (Å²) in [5.41, 5.74) is 8.07. The van der Waals surface area contributed by atoms with E-state index in [9.17, 15) is 30.3 Å². The van der Waals surface area contributed by atoms with E-state index in [0.717, 1.165) is 0 Å². The van der Waals surface area contributed by atoms with Crippen molar-refractivity contribution in [1.82, 2.24) is 4.90 Å². The molecule has 0 amide bonds. The summed E-state index contributed by atoms with van der Waals surface area (Å²) in [6.45, 7) is 15.2. The van der Waals surface area contributed by atoms with Crippen molar-refractivity contribution in [2.75, 3.05) is 27.7 Å². The molecule has 19 atom stereocenters. The van der Waals surface area contributed by atoms with Crippen LogP contribution in [0.3, 0.4) is 0 Å². The Balaban J connectivity index is 2.20. The van der Waals surface area contributed by atoms with Gasteiger partial charge in [-0.1, -0.05) is 27.7 Å². The number of likely N-dealkylation sites (N-methyl/N-ethyl adjacent to an activating group) is 1. The highest BCUT2D eigenvalue weighted by Crippen LogP contribution is 2.41. The van der Waals surface area contributed by atoms with Gasteiger partial charge in [0.25, 0.3) is 0 Å². The maximum Gasteiger partial charge on any atom is 0.311 e. The van der Waals surface area contributed by atoms with Gasteiger partial charge in [0.05, 0.1) is 47.6 Å². The molecule has 2 unspecified atom stereocenters. The van der Waals surface area contributed by atoms with Gasteiger partial charge >= 0.3 is 5.97 Å². The van der Waals surface area contributed by atoms with Crippen LogP contribution in [0.25, 0.3) is 0 Å². The van der Waals surface area contributed by atoms with Crippen molar-refractivity contribution >= 4 is 5.97 Å². The van der Waals surface area contributed by atoms with Crippen LogP contribution in [0.5, 0.6) is 0 Å². The maximum atomic E-state index is 14.2. The molecule has 0 aromatic heterocycles. The topological polar surface area (TPSA) is 229 Å². The molecule has 3 rings (SSSR count). The van der Waals surface area contributed by atoms with Crippen molar-refractivity contribution in [3.05, 3.63) is 0 Å². The highest BCUT2D eigenvalue weighted by molar-refractivity contribution is 5.73. The number of rotatable bonds is 8. The average Bonchev–Trinajstić information content (AvgIpc) is 3.08. The molecule has 15 heteroatoms. The van der Waals surface area contributed by atoms with E-state index in [2.05, 4.69) is 0 Å². The number of aliphatic hydroxyl groups excluding tert-OH is 3. The summed E-state index contributed by atoms with van der Waals surface area (Å²) in [5.74, 6) is -3.79. The largest absolute Gasteiger partial charge is 0.459 e. The van der Waals surface area contributed by atoms with Crippen LogP contribution in [0.2, 0.25) is 0 Å². The zero-order valence-electron chi connectivity index (χ0n) is 33.5. The molecule has 0 bridgehead atoms. The lowest BCUT2D eigenvalue weighted by molar-refractivity contribution is -0.318. The summed E-state index contributed by atoms with van der Waals surface area (Å²) in [7, 11) is 5.22. The monoisotopic (exact) mass is 750 g/mol. The quantitative estimate of drug-likeness (QED) is 0.168. The van der Waals surface area contributed by atoms with Crippen LogP contribution in [0, 0.1) is 23.7 Å². The molecular formula is C37H71N3O12. The van der Waals surface area contributed by atoms with Crippen LogP contribution in [0.15, 0.2) is 0 Å². The van der Waals surface area contributed by atoms with Crippen molar-refractivity contribution in [2.24, 2.45) is 35.1 Å². The van der Waals surface area contributed by atoms with E-state index in [4.69, 9.17) is 39.9 Å². The molecule has 3 aliphatic heterocycles. The molecule has 306 valence electrons. The molecule has 0 aromatic carbocycles. The molecular weight excluding hydrogens is 678 g/mol. The predicted octanol–water partition coefficient (Wildman–Crippen LogP) is 0.483. The summed E-state index contributed by atoms with van der Waals surface area (Å²) in [6, 6.07) is -1.05. The Bertz CT molecular complexity index is 1150. The molecule has 0 saturated carbocycles. The van der Waals surface area contributed by atoms with Crippen LogP contribution < -0.4 is 11.5 Å². The van der Waals surface area contributed by atoms with Gasteiger partial charge in [-0.15, -0.1) is 0 Å². The molecule has 3 saturated heterocycles. The fourth-order valence-corrected chi connectivity index (χ4v) is 8.73. The zero-order valence-corrected chi connectivity index (χ0v) is 33.5. The number of esters is 1. The number of carbonyl (C=O) groups is 1. The Morgan fingerprint density at radius 2 is 1.56 bits per heavy atom. The summed E-state index contributed by atoms with van der Waals surface area (Å²) in [5, 5.41) is 58.3. The number of carbonyl (C=O) groups excluding carboxylic acids is 1. The van der Waals surface area contributed by atoms with E-state index in [1.165, 1.54) is 7.11 Å². The molecule has 0 aromatic rings. The number of nitrogens with two attached hydrogens (primary N) is 2. The Morgan fingerprint density at radius 3 is 2.10 bits per heavy atom. The minimum absolute atomic E-state index is 0.0599. The van der Waals surface area contributed by atoms with Gasteiger partial charge in [-0.2, -0.15) is 0 Å². The van der Waals surface area contributed by atoms with E-state index < -0.39 is 114 Å². The Hall–Kier alpha value is -1.05. The third-order valence-electron chi connectivity index (χ3n) is 12.3. The van der Waals surface area contributed by atoms with Crippen LogP contribution in [-0.4, -0.2) is 154 Å². The van der Waals surface area contributed by atoms with Gasteiger partial charge in [-0.05, 0) is 73.9 Å². The average molecular weight is 750 g/mol. The number of nitrogens with zero attached hydrogens (tertiary/aromatic N) is 1. The van der Waals surface area contributed by atoms with Crippen LogP contribution in [0.1, 0.15) is 88.0 Å². The molecule has 0 radical (unpaired) electrons. The number of cyclic esters (lactones) is 1. The second-order valence-corrected chi connectivity index (χ2v) is 16.8. The fourth-order valence-electron chi connectivity index (χ4n) is 8.73. The zero-order chi connectivity index (χ0) is 39.7. The third-order valence-corrected chi connectivity index (χ3v) is 12.3. The molecule has 0 spiro atoms. The SMILES string of the molecule is CCC1OC(=O)[C@H](C)C(O[C@H]2C[C@@](C)(OC)[C@@H](O)[C@H](C)O2)[C@H](C)[C@@H](O[C@@H]2O[C@H](C)C[C@H](N(C)C)[C@H]2O)[C@](C)(O)C[C@@H](C)[C@@H](N)[C@H](C)[C@@H](O)[C@@]1(O)CN. The second-order valence-electron chi connectivity index (χ2n) is 16.8. The minimum atomic E-state index is -2.03. The van der Waals surface area contributed by atoms with Crippen molar-refractivity contribution < 1.29 is 58.7 Å². The van der Waals surface area contributed by atoms with E-state index in [1.54, 1.807) is 48.5 Å². The standard InChI is InChI=1S/C37H71N3O12/c1-13-25-37(46,17-38)30(42)20(4)27(39)18(2)15-35(8,45)32(52-34-28(41)24(40(10)11)14-19(3)48-34)21(5)29(22(6)33(44)50-25)51-26-16-36(9,47-12)31(43)23(7)49-26/h18-32,34,41-43,45-46H,13-17,38-39H2,1-12H3/t18-,19-,20+,21+,22-,23+,24+,25?,26+,27-,28-,29?,30-,31+,32-,34+,35-,36-,37-/m1/s1. The van der Waals surface area contributed by atoms with Crippen LogP contribution in [0.4, 0.5) is 0 Å². The van der Waals surface area contributed by atoms with Gasteiger partial charge in [0, 0.05) is 44.0 Å². The van der Waals surface area contributed by atoms with Crippen molar-refractivity contribution in [1.29, 1.82) is 0 Å². The first-order valence-electron chi connectivity index (χ1n) is 19.0. The molecule has 52 heavy (non-hydrogen) atoms. The number of hydrogen-bond donors (Lipinski definition) is 7. The second kappa shape index (κ2) is 17.8. The lowest BCUT2D eigenvalue weighted by Gasteiger charge is -2.49. The summed E-state index contributed by atoms with van der Waals surface area (Å²) in [6.07, 6.45) is -9.16. The maximum absolute atomic E-state index is 14.2. The number of hydrogen-bond acceptors (Lipinski definition) is 15. The first-order chi connectivity index (χ1) is 24.0.